The standard InChI is InChI=1S/C21H33N5O/c1-3-5-15-27-16-9-13-23-21(22-4-2)24-14-12-19-17-25-26(18-19)20-10-7-6-8-11-20/h6-8,10-11,17-18H,3-5,9,12-16H2,1-2H3,(H2,22,23,24). The number of rotatable bonds is 12. The highest BCUT2D eigenvalue weighted by Gasteiger charge is 2.02. The van der Waals surface area contributed by atoms with Gasteiger partial charge in [-0.05, 0) is 43.9 Å². The minimum absolute atomic E-state index is 0.771. The monoisotopic (exact) mass is 371 g/mol. The molecule has 0 saturated heterocycles. The van der Waals surface area contributed by atoms with Gasteiger partial charge in [0.25, 0.3) is 0 Å². The molecule has 6 heteroatoms. The Morgan fingerprint density at radius 2 is 1.93 bits per heavy atom. The Balaban J connectivity index is 1.71. The zero-order valence-electron chi connectivity index (χ0n) is 16.7. The molecule has 1 aromatic carbocycles. The molecule has 0 saturated carbocycles. The Bertz CT molecular complexity index is 654. The lowest BCUT2D eigenvalue weighted by Gasteiger charge is -2.10. The van der Waals surface area contributed by atoms with Gasteiger partial charge < -0.3 is 15.4 Å². The van der Waals surface area contributed by atoms with E-state index in [0.29, 0.717) is 0 Å². The molecular formula is C21H33N5O. The number of ether oxygens (including phenoxy) is 1. The van der Waals surface area contributed by atoms with Gasteiger partial charge in [-0.3, -0.25) is 4.99 Å². The molecule has 6 nitrogen and oxygen atoms in total. The first-order valence-corrected chi connectivity index (χ1v) is 10.0. The molecule has 0 fully saturated rings. The number of nitrogens with one attached hydrogen (secondary N) is 2. The van der Waals surface area contributed by atoms with E-state index in [9.17, 15) is 0 Å². The minimum Gasteiger partial charge on any atom is -0.381 e. The molecule has 0 unspecified atom stereocenters. The van der Waals surface area contributed by atoms with Crippen LogP contribution in [0, 0.1) is 0 Å². The normalized spacial score (nSPS) is 11.6. The summed E-state index contributed by atoms with van der Waals surface area (Å²) in [5, 5.41) is 11.1. The second-order valence-electron chi connectivity index (χ2n) is 6.39. The van der Waals surface area contributed by atoms with Crippen LogP contribution in [0.25, 0.3) is 5.69 Å². The van der Waals surface area contributed by atoms with Crippen LogP contribution in [-0.2, 0) is 11.2 Å². The zero-order valence-corrected chi connectivity index (χ0v) is 16.7. The highest BCUT2D eigenvalue weighted by atomic mass is 16.5. The van der Waals surface area contributed by atoms with Crippen LogP contribution in [0.4, 0.5) is 0 Å². The molecule has 2 rings (SSSR count). The van der Waals surface area contributed by atoms with Crippen molar-refractivity contribution in [2.75, 3.05) is 32.8 Å². The molecule has 1 heterocycles. The lowest BCUT2D eigenvalue weighted by molar-refractivity contribution is 0.130. The fourth-order valence-electron chi connectivity index (χ4n) is 2.58. The summed E-state index contributed by atoms with van der Waals surface area (Å²) in [6, 6.07) is 10.2. The minimum atomic E-state index is 0.771. The molecule has 0 bridgehead atoms. The first-order chi connectivity index (χ1) is 13.3. The summed E-state index contributed by atoms with van der Waals surface area (Å²) in [5.41, 5.74) is 2.28. The van der Waals surface area contributed by atoms with E-state index < -0.39 is 0 Å². The van der Waals surface area contributed by atoms with Crippen LogP contribution in [0.3, 0.4) is 0 Å². The molecule has 0 spiro atoms. The summed E-state index contributed by atoms with van der Waals surface area (Å²) in [6.45, 7) is 8.33. The van der Waals surface area contributed by atoms with Crippen LogP contribution in [0.1, 0.15) is 38.7 Å². The van der Waals surface area contributed by atoms with Gasteiger partial charge in [0.05, 0.1) is 11.9 Å². The Hall–Kier alpha value is -2.34. The lowest BCUT2D eigenvalue weighted by atomic mass is 10.2. The van der Waals surface area contributed by atoms with Gasteiger partial charge in [-0.25, -0.2) is 4.68 Å². The molecule has 27 heavy (non-hydrogen) atoms. The van der Waals surface area contributed by atoms with Crippen molar-refractivity contribution in [2.45, 2.75) is 39.5 Å². The van der Waals surface area contributed by atoms with Crippen molar-refractivity contribution in [2.24, 2.45) is 4.99 Å². The average molecular weight is 372 g/mol. The van der Waals surface area contributed by atoms with Crippen LogP contribution < -0.4 is 10.6 Å². The summed E-state index contributed by atoms with van der Waals surface area (Å²) in [6.07, 6.45) is 8.16. The number of benzene rings is 1. The Kier molecular flexibility index (Phi) is 10.0. The van der Waals surface area contributed by atoms with E-state index in [1.807, 2.05) is 29.1 Å². The van der Waals surface area contributed by atoms with Gasteiger partial charge in [0.1, 0.15) is 0 Å². The van der Waals surface area contributed by atoms with E-state index in [2.05, 4.69) is 52.9 Å². The van der Waals surface area contributed by atoms with Gasteiger partial charge in [0, 0.05) is 39.0 Å². The van der Waals surface area contributed by atoms with Crippen molar-refractivity contribution in [1.82, 2.24) is 20.4 Å². The van der Waals surface area contributed by atoms with Crippen molar-refractivity contribution >= 4 is 5.96 Å². The first-order valence-electron chi connectivity index (χ1n) is 10.0. The SMILES string of the molecule is CCCCOCCCN=C(NCC)NCCc1cnn(-c2ccccc2)c1. The van der Waals surface area contributed by atoms with Crippen molar-refractivity contribution in [3.05, 3.63) is 48.3 Å². The van der Waals surface area contributed by atoms with Crippen LogP contribution in [0.2, 0.25) is 0 Å². The second-order valence-corrected chi connectivity index (χ2v) is 6.39. The van der Waals surface area contributed by atoms with Gasteiger partial charge in [0.15, 0.2) is 5.96 Å². The molecule has 0 aliphatic rings. The molecule has 2 aromatic rings. The topological polar surface area (TPSA) is 63.5 Å². The summed E-state index contributed by atoms with van der Waals surface area (Å²) in [4.78, 5) is 4.61. The quantitative estimate of drug-likeness (QED) is 0.342. The van der Waals surface area contributed by atoms with Gasteiger partial charge in [-0.15, -0.1) is 0 Å². The second kappa shape index (κ2) is 12.9. The number of hydrogen-bond acceptors (Lipinski definition) is 3. The smallest absolute Gasteiger partial charge is 0.191 e. The largest absolute Gasteiger partial charge is 0.381 e. The van der Waals surface area contributed by atoms with Gasteiger partial charge in [-0.1, -0.05) is 31.5 Å². The van der Waals surface area contributed by atoms with Crippen LogP contribution in [0.15, 0.2) is 47.7 Å². The molecule has 0 aliphatic carbocycles. The lowest BCUT2D eigenvalue weighted by Crippen LogP contribution is -2.38. The van der Waals surface area contributed by atoms with E-state index in [1.165, 1.54) is 12.0 Å². The predicted octanol–water partition coefficient (Wildman–Crippen LogP) is 3.18. The fraction of sp³-hybridized carbons (Fsp3) is 0.524. The summed E-state index contributed by atoms with van der Waals surface area (Å²) < 4.78 is 7.48. The molecule has 0 radical (unpaired) electrons. The number of para-hydroxylation sites is 1. The summed E-state index contributed by atoms with van der Waals surface area (Å²) in [5.74, 6) is 0.863. The van der Waals surface area contributed by atoms with Crippen molar-refractivity contribution < 1.29 is 4.74 Å². The number of nitrogens with zero attached hydrogens (tertiary/aromatic N) is 3. The van der Waals surface area contributed by atoms with Crippen LogP contribution >= 0.6 is 0 Å². The Morgan fingerprint density at radius 3 is 2.70 bits per heavy atom. The van der Waals surface area contributed by atoms with Crippen molar-refractivity contribution in [3.63, 3.8) is 0 Å². The molecule has 0 atom stereocenters. The van der Waals surface area contributed by atoms with Gasteiger partial charge in [0.2, 0.25) is 0 Å². The number of hydrogen-bond donors (Lipinski definition) is 2. The van der Waals surface area contributed by atoms with Gasteiger partial charge in [-0.2, -0.15) is 5.10 Å². The first kappa shape index (κ1) is 21.0. The van der Waals surface area contributed by atoms with E-state index >= 15 is 0 Å². The van der Waals surface area contributed by atoms with E-state index in [-0.39, 0.29) is 0 Å². The Morgan fingerprint density at radius 1 is 1.11 bits per heavy atom. The molecule has 0 amide bonds. The average Bonchev–Trinajstić information content (AvgIpc) is 3.17. The summed E-state index contributed by atoms with van der Waals surface area (Å²) >= 11 is 0. The third-order valence-corrected chi connectivity index (χ3v) is 4.07. The molecule has 2 N–H and O–H groups in total. The van der Waals surface area contributed by atoms with Crippen molar-refractivity contribution in [1.29, 1.82) is 0 Å². The maximum atomic E-state index is 5.57. The van der Waals surface area contributed by atoms with E-state index in [1.54, 1.807) is 0 Å². The summed E-state index contributed by atoms with van der Waals surface area (Å²) in [7, 11) is 0. The number of aromatic nitrogens is 2. The fourth-order valence-corrected chi connectivity index (χ4v) is 2.58. The molecule has 1 aromatic heterocycles. The third-order valence-electron chi connectivity index (χ3n) is 4.07. The highest BCUT2D eigenvalue weighted by Crippen LogP contribution is 2.07. The zero-order chi connectivity index (χ0) is 19.2. The third kappa shape index (κ3) is 8.26. The van der Waals surface area contributed by atoms with E-state index in [0.717, 1.165) is 63.8 Å². The van der Waals surface area contributed by atoms with Crippen molar-refractivity contribution in [3.8, 4) is 5.69 Å². The molecular weight excluding hydrogens is 338 g/mol. The van der Waals surface area contributed by atoms with Crippen LogP contribution in [0.5, 0.6) is 0 Å². The highest BCUT2D eigenvalue weighted by molar-refractivity contribution is 5.79. The predicted molar refractivity (Wildman–Crippen MR) is 112 cm³/mol. The maximum absolute atomic E-state index is 5.57. The number of guanidine groups is 1. The number of unbranched alkanes of at least 4 members (excludes halogenated alkanes) is 1. The number of aliphatic imine (C=N–C) groups is 1. The molecule has 0 aliphatic heterocycles. The maximum Gasteiger partial charge on any atom is 0.191 e. The van der Waals surface area contributed by atoms with Gasteiger partial charge >= 0.3 is 0 Å². The van der Waals surface area contributed by atoms with E-state index in [4.69, 9.17) is 4.74 Å². The molecule has 148 valence electrons. The van der Waals surface area contributed by atoms with Crippen LogP contribution in [-0.4, -0.2) is 48.6 Å². The Labute approximate surface area is 163 Å².